The predicted molar refractivity (Wildman–Crippen MR) is 208 cm³/mol. The van der Waals surface area contributed by atoms with E-state index >= 15 is 26.3 Å². The molecule has 1 atom stereocenters. The zero-order valence-corrected chi connectivity index (χ0v) is 32.9. The van der Waals surface area contributed by atoms with E-state index in [-0.39, 0.29) is 44.1 Å². The van der Waals surface area contributed by atoms with Crippen LogP contribution in [0.3, 0.4) is 0 Å². The van der Waals surface area contributed by atoms with Crippen LogP contribution in [0.4, 0.5) is 26.3 Å². The molecule has 3 aromatic heterocycles. The summed E-state index contributed by atoms with van der Waals surface area (Å²) in [6, 6.07) is 20.1. The van der Waals surface area contributed by atoms with Crippen LogP contribution >= 0.6 is 45.8 Å². The molecule has 0 amide bonds. The van der Waals surface area contributed by atoms with Crippen LogP contribution in [-0.2, 0) is 10.8 Å². The minimum Gasteiger partial charge on any atom is -0.508 e. The van der Waals surface area contributed by atoms with Crippen molar-refractivity contribution in [1.82, 2.24) is 0 Å². The van der Waals surface area contributed by atoms with Crippen molar-refractivity contribution in [1.29, 1.82) is 0 Å². The molecular formula is C41H36F6O2S4. The molecule has 0 radical (unpaired) electrons. The number of thioether (sulfide) groups is 1. The first kappa shape index (κ1) is 37.8. The highest BCUT2D eigenvalue weighted by atomic mass is 32.2. The molecule has 2 nitrogen and oxygen atoms in total. The molecule has 1 aliphatic heterocycles. The normalized spacial score (nSPS) is 19.8. The molecule has 2 aliphatic rings. The third-order valence-electron chi connectivity index (χ3n) is 9.42. The zero-order chi connectivity index (χ0) is 38.5. The fourth-order valence-electron chi connectivity index (χ4n) is 6.56. The summed E-state index contributed by atoms with van der Waals surface area (Å²) in [5.74, 6) is -16.5. The first-order valence-corrected chi connectivity index (χ1v) is 20.2. The Morgan fingerprint density at radius 2 is 1.13 bits per heavy atom. The first-order chi connectivity index (χ1) is 24.6. The molecule has 5 aromatic rings. The smallest absolute Gasteiger partial charge is 0.380 e. The van der Waals surface area contributed by atoms with E-state index in [4.69, 9.17) is 0 Å². The number of halogens is 6. The van der Waals surface area contributed by atoms with E-state index in [1.165, 1.54) is 89.0 Å². The Bertz CT molecular complexity index is 2260. The summed E-state index contributed by atoms with van der Waals surface area (Å²) in [6.07, 6.45) is -0.197. The summed E-state index contributed by atoms with van der Waals surface area (Å²) in [4.78, 5) is 4.27. The van der Waals surface area contributed by atoms with Gasteiger partial charge in [0.05, 0.1) is 0 Å². The van der Waals surface area contributed by atoms with E-state index in [2.05, 4.69) is 0 Å². The van der Waals surface area contributed by atoms with Crippen molar-refractivity contribution in [2.24, 2.45) is 0 Å². The maximum atomic E-state index is 16.6. The molecule has 278 valence electrons. The van der Waals surface area contributed by atoms with E-state index in [0.29, 0.717) is 20.9 Å². The maximum Gasteiger partial charge on any atom is 0.380 e. The summed E-state index contributed by atoms with van der Waals surface area (Å²) in [7, 11) is 0. The molecule has 0 bridgehead atoms. The fraction of sp³-hybridized carbons (Fsp3) is 0.317. The number of hydrogen-bond acceptors (Lipinski definition) is 6. The van der Waals surface area contributed by atoms with Crippen molar-refractivity contribution in [3.63, 3.8) is 0 Å². The molecule has 0 saturated carbocycles. The summed E-state index contributed by atoms with van der Waals surface area (Å²) in [5, 5.41) is 19.5. The van der Waals surface area contributed by atoms with Gasteiger partial charge in [0.15, 0.2) is 0 Å². The molecule has 0 spiro atoms. The quantitative estimate of drug-likeness (QED) is 0.168. The van der Waals surface area contributed by atoms with Gasteiger partial charge in [0.1, 0.15) is 11.5 Å². The van der Waals surface area contributed by atoms with Gasteiger partial charge in [-0.2, -0.15) is 26.3 Å². The minimum atomic E-state index is -5.75. The Hall–Kier alpha value is -3.45. The molecule has 2 N–H and O–H groups in total. The standard InChI is InChI=1S/C41H36F6O2S4/c1-37(2,3)31-17-15-27(50-31)29-19-25(35(52-29)21-7-11-23(48)12-8-21)33-34(40(44,45)41(46,47)39(33,42)43)26-20-30(28-16-18-32(51-28)38(4,5)6)53-36(26)22-9-13-24(49)14-10-22/h7-19,30,48-49H,20H2,1-6H3. The van der Waals surface area contributed by atoms with Crippen LogP contribution in [0.2, 0.25) is 0 Å². The topological polar surface area (TPSA) is 40.5 Å². The number of rotatable bonds is 6. The maximum absolute atomic E-state index is 16.6. The molecule has 2 aromatic carbocycles. The summed E-state index contributed by atoms with van der Waals surface area (Å²) in [5.41, 5.74) is -3.24. The monoisotopic (exact) mass is 802 g/mol. The van der Waals surface area contributed by atoms with Gasteiger partial charge in [0.25, 0.3) is 0 Å². The summed E-state index contributed by atoms with van der Waals surface area (Å²) in [6.45, 7) is 12.2. The lowest BCUT2D eigenvalue weighted by atomic mass is 9.89. The van der Waals surface area contributed by atoms with E-state index in [1.54, 1.807) is 0 Å². The Kier molecular flexibility index (Phi) is 9.15. The van der Waals surface area contributed by atoms with Crippen LogP contribution in [-0.4, -0.2) is 28.0 Å². The van der Waals surface area contributed by atoms with Crippen molar-refractivity contribution in [2.75, 3.05) is 0 Å². The van der Waals surface area contributed by atoms with Crippen LogP contribution in [0.1, 0.15) is 79.0 Å². The van der Waals surface area contributed by atoms with E-state index < -0.39 is 39.7 Å². The Morgan fingerprint density at radius 1 is 0.604 bits per heavy atom. The number of benzene rings is 2. The molecule has 12 heteroatoms. The second-order valence-corrected chi connectivity index (χ2v) is 19.9. The van der Waals surface area contributed by atoms with Crippen molar-refractivity contribution in [3.05, 3.63) is 116 Å². The van der Waals surface area contributed by atoms with Crippen LogP contribution < -0.4 is 0 Å². The third kappa shape index (κ3) is 6.37. The van der Waals surface area contributed by atoms with Gasteiger partial charge in [-0.05, 0) is 101 Å². The number of alkyl halides is 6. The Balaban J connectivity index is 1.51. The lowest BCUT2D eigenvalue weighted by Gasteiger charge is -2.26. The highest BCUT2D eigenvalue weighted by Crippen LogP contribution is 2.68. The lowest BCUT2D eigenvalue weighted by molar-refractivity contribution is -0.259. The SMILES string of the molecule is CC(C)(C)c1ccc(-c2cc(C3=C(C4=C(c5ccc(O)cc5)SC(c5ccc(C(C)(C)C)s5)C4)C(F)(F)C(F)(F)C3(F)F)c(-c3ccc(O)cc3)s2)s1. The molecule has 1 unspecified atom stereocenters. The summed E-state index contributed by atoms with van der Waals surface area (Å²) < 4.78 is 98.1. The fourth-order valence-corrected chi connectivity index (χ4v) is 11.5. The predicted octanol–water partition coefficient (Wildman–Crippen LogP) is 14.2. The molecule has 0 fully saturated rings. The molecule has 7 rings (SSSR count). The van der Waals surface area contributed by atoms with Crippen molar-refractivity contribution in [3.8, 4) is 31.7 Å². The zero-order valence-electron chi connectivity index (χ0n) is 29.6. The van der Waals surface area contributed by atoms with Crippen LogP contribution in [0.5, 0.6) is 11.5 Å². The van der Waals surface area contributed by atoms with E-state index in [9.17, 15) is 10.2 Å². The van der Waals surface area contributed by atoms with Crippen molar-refractivity contribution >= 4 is 56.3 Å². The number of aromatic hydroxyl groups is 2. The molecule has 0 saturated heterocycles. The first-order valence-electron chi connectivity index (χ1n) is 16.8. The Morgan fingerprint density at radius 3 is 1.68 bits per heavy atom. The molecular weight excluding hydrogens is 767 g/mol. The van der Waals surface area contributed by atoms with Crippen LogP contribution in [0.25, 0.3) is 30.7 Å². The number of phenols is 2. The van der Waals surface area contributed by atoms with Gasteiger partial charge in [-0.15, -0.1) is 45.8 Å². The number of allylic oxidation sites excluding steroid dienone is 3. The number of phenolic OH excluding ortho intramolecular Hbond substituents is 2. The average Bonchev–Trinajstić information content (AvgIpc) is 3.89. The second kappa shape index (κ2) is 12.8. The highest BCUT2D eigenvalue weighted by molar-refractivity contribution is 8.09. The van der Waals surface area contributed by atoms with Crippen LogP contribution in [0.15, 0.2) is 90.0 Å². The van der Waals surface area contributed by atoms with Crippen molar-refractivity contribution < 1.29 is 36.6 Å². The number of thiophene rings is 3. The van der Waals surface area contributed by atoms with Gasteiger partial charge >= 0.3 is 17.8 Å². The second-order valence-electron chi connectivity index (χ2n) is 15.4. The van der Waals surface area contributed by atoms with Crippen LogP contribution in [0, 0.1) is 0 Å². The van der Waals surface area contributed by atoms with E-state index in [1.807, 2.05) is 65.8 Å². The average molecular weight is 803 g/mol. The van der Waals surface area contributed by atoms with Gasteiger partial charge in [-0.25, -0.2) is 0 Å². The lowest BCUT2D eigenvalue weighted by Crippen LogP contribution is -2.49. The minimum absolute atomic E-state index is 0.0970. The van der Waals surface area contributed by atoms with Gasteiger partial charge < -0.3 is 10.2 Å². The Labute approximate surface area is 320 Å². The largest absolute Gasteiger partial charge is 0.508 e. The number of hydrogen-bond donors (Lipinski definition) is 2. The molecule has 1 aliphatic carbocycles. The molecule has 4 heterocycles. The van der Waals surface area contributed by atoms with Crippen molar-refractivity contribution in [2.45, 2.75) is 81.8 Å². The summed E-state index contributed by atoms with van der Waals surface area (Å²) >= 11 is 5.13. The molecule has 53 heavy (non-hydrogen) atoms. The third-order valence-corrected chi connectivity index (χ3v) is 15.5. The van der Waals surface area contributed by atoms with Gasteiger partial charge in [-0.1, -0.05) is 53.7 Å². The van der Waals surface area contributed by atoms with Gasteiger partial charge in [0.2, 0.25) is 0 Å². The van der Waals surface area contributed by atoms with Gasteiger partial charge in [0, 0.05) is 56.1 Å². The van der Waals surface area contributed by atoms with Gasteiger partial charge in [-0.3, -0.25) is 0 Å². The van der Waals surface area contributed by atoms with E-state index in [0.717, 1.165) is 26.0 Å². The highest BCUT2D eigenvalue weighted by Gasteiger charge is 2.80.